The average molecular weight is 340 g/mol. The molecule has 4 fully saturated rings. The van der Waals surface area contributed by atoms with E-state index in [2.05, 4.69) is 10.5 Å². The van der Waals surface area contributed by atoms with Gasteiger partial charge >= 0.3 is 0 Å². The van der Waals surface area contributed by atoms with Crippen LogP contribution in [0, 0.1) is 23.2 Å². The normalized spacial score (nSPS) is 32.9. The van der Waals surface area contributed by atoms with E-state index in [1.165, 1.54) is 38.5 Å². The Morgan fingerprint density at radius 2 is 1.76 bits per heavy atom. The lowest BCUT2D eigenvalue weighted by Crippen LogP contribution is -2.47. The third-order valence-corrected chi connectivity index (χ3v) is 6.29. The third kappa shape index (κ3) is 3.73. The lowest BCUT2D eigenvalue weighted by atomic mass is 9.49. The molecule has 0 spiro atoms. The summed E-state index contributed by atoms with van der Waals surface area (Å²) < 4.78 is 5.42. The predicted octanol–water partition coefficient (Wildman–Crippen LogP) is 4.14. The Kier molecular flexibility index (Phi) is 4.53. The van der Waals surface area contributed by atoms with E-state index in [9.17, 15) is 4.79 Å². The van der Waals surface area contributed by atoms with E-state index in [1.807, 2.05) is 31.2 Å². The van der Waals surface area contributed by atoms with Gasteiger partial charge in [-0.3, -0.25) is 4.79 Å². The fourth-order valence-electron chi connectivity index (χ4n) is 5.88. The van der Waals surface area contributed by atoms with Crippen LogP contribution in [0.4, 0.5) is 0 Å². The molecule has 134 valence electrons. The molecular formula is C21H28N2O2. The second-order valence-corrected chi connectivity index (χ2v) is 8.39. The Bertz CT molecular complexity index is 615. The molecule has 0 radical (unpaired) electrons. The molecule has 1 aromatic carbocycles. The molecule has 0 aromatic heterocycles. The lowest BCUT2D eigenvalue weighted by molar-refractivity contribution is -0.129. The number of carbonyl (C=O) groups is 1. The zero-order valence-corrected chi connectivity index (χ0v) is 15.0. The van der Waals surface area contributed by atoms with Gasteiger partial charge in [0, 0.05) is 6.42 Å². The Labute approximate surface area is 150 Å². The van der Waals surface area contributed by atoms with Gasteiger partial charge in [-0.25, -0.2) is 5.43 Å². The molecule has 0 atom stereocenters. The fourth-order valence-corrected chi connectivity index (χ4v) is 5.88. The van der Waals surface area contributed by atoms with Crippen molar-refractivity contribution in [2.45, 2.75) is 51.9 Å². The highest BCUT2D eigenvalue weighted by molar-refractivity contribution is 5.82. The summed E-state index contributed by atoms with van der Waals surface area (Å²) in [6.07, 6.45) is 10.4. The summed E-state index contributed by atoms with van der Waals surface area (Å²) in [6, 6.07) is 7.73. The summed E-state index contributed by atoms with van der Waals surface area (Å²) in [7, 11) is 0. The zero-order chi connectivity index (χ0) is 17.3. The number of nitrogens with zero attached hydrogens (tertiary/aromatic N) is 1. The highest BCUT2D eigenvalue weighted by atomic mass is 16.5. The number of ether oxygens (including phenoxy) is 1. The number of amides is 1. The summed E-state index contributed by atoms with van der Waals surface area (Å²) in [4.78, 5) is 12.4. The largest absolute Gasteiger partial charge is 0.494 e. The molecule has 25 heavy (non-hydrogen) atoms. The minimum Gasteiger partial charge on any atom is -0.494 e. The van der Waals surface area contributed by atoms with Crippen LogP contribution in [0.1, 0.15) is 57.4 Å². The summed E-state index contributed by atoms with van der Waals surface area (Å²) in [5.74, 6) is 3.57. The van der Waals surface area contributed by atoms with Crippen molar-refractivity contribution < 1.29 is 9.53 Å². The van der Waals surface area contributed by atoms with Crippen LogP contribution in [0.5, 0.6) is 5.75 Å². The summed E-state index contributed by atoms with van der Waals surface area (Å²) in [5, 5.41) is 4.15. The number of hydrogen-bond acceptors (Lipinski definition) is 3. The monoisotopic (exact) mass is 340 g/mol. The summed E-state index contributed by atoms with van der Waals surface area (Å²) in [5.41, 5.74) is 3.97. The van der Waals surface area contributed by atoms with Crippen molar-refractivity contribution in [3.05, 3.63) is 29.8 Å². The Morgan fingerprint density at radius 1 is 1.16 bits per heavy atom. The van der Waals surface area contributed by atoms with Gasteiger partial charge in [-0.1, -0.05) is 0 Å². The average Bonchev–Trinajstić information content (AvgIpc) is 2.55. The van der Waals surface area contributed by atoms with E-state index in [0.29, 0.717) is 13.0 Å². The molecule has 0 unspecified atom stereocenters. The minimum atomic E-state index is 0.0733. The molecule has 0 heterocycles. The maximum absolute atomic E-state index is 12.4. The molecule has 5 rings (SSSR count). The number of hydrazone groups is 1. The van der Waals surface area contributed by atoms with E-state index in [-0.39, 0.29) is 11.3 Å². The van der Waals surface area contributed by atoms with Crippen molar-refractivity contribution in [3.63, 3.8) is 0 Å². The van der Waals surface area contributed by atoms with Crippen LogP contribution < -0.4 is 10.2 Å². The first-order chi connectivity index (χ1) is 12.1. The SMILES string of the molecule is CCOc1ccc(/C=N\NC(=O)CC23CC4CC(CC(C4)C2)C3)cc1. The fraction of sp³-hybridized carbons (Fsp3) is 0.619. The van der Waals surface area contributed by atoms with Crippen molar-refractivity contribution in [2.24, 2.45) is 28.3 Å². The predicted molar refractivity (Wildman–Crippen MR) is 98.6 cm³/mol. The van der Waals surface area contributed by atoms with Crippen LogP contribution in [0.15, 0.2) is 29.4 Å². The van der Waals surface area contributed by atoms with Gasteiger partial charge in [-0.15, -0.1) is 0 Å². The number of hydrogen-bond donors (Lipinski definition) is 1. The van der Waals surface area contributed by atoms with Crippen LogP contribution in [-0.2, 0) is 4.79 Å². The van der Waals surface area contributed by atoms with Crippen molar-refractivity contribution in [2.75, 3.05) is 6.61 Å². The van der Waals surface area contributed by atoms with E-state index >= 15 is 0 Å². The smallest absolute Gasteiger partial charge is 0.240 e. The number of carbonyl (C=O) groups excluding carboxylic acids is 1. The van der Waals surface area contributed by atoms with Gasteiger partial charge in [0.05, 0.1) is 12.8 Å². The highest BCUT2D eigenvalue weighted by Crippen LogP contribution is 2.61. The molecule has 0 aliphatic heterocycles. The van der Waals surface area contributed by atoms with E-state index in [4.69, 9.17) is 4.74 Å². The van der Waals surface area contributed by atoms with Gasteiger partial charge in [-0.05, 0) is 98.4 Å². The van der Waals surface area contributed by atoms with E-state index in [0.717, 1.165) is 29.1 Å². The van der Waals surface area contributed by atoms with E-state index < -0.39 is 0 Å². The Morgan fingerprint density at radius 3 is 2.32 bits per heavy atom. The second kappa shape index (κ2) is 6.81. The van der Waals surface area contributed by atoms with Crippen LogP contribution >= 0.6 is 0 Å². The molecule has 4 aliphatic rings. The summed E-state index contributed by atoms with van der Waals surface area (Å²) >= 11 is 0. The van der Waals surface area contributed by atoms with Gasteiger partial charge in [0.2, 0.25) is 5.91 Å². The standard InChI is InChI=1S/C21H28N2O2/c1-2-25-19-5-3-15(4-6-19)14-22-23-20(24)13-21-10-16-7-17(11-21)9-18(8-16)12-21/h3-6,14,16-18H,2,7-13H2,1H3,(H,23,24)/b22-14-. The highest BCUT2D eigenvalue weighted by Gasteiger charge is 2.51. The molecule has 4 heteroatoms. The molecule has 4 bridgehead atoms. The first-order valence-electron chi connectivity index (χ1n) is 9.69. The van der Waals surface area contributed by atoms with Gasteiger partial charge in [-0.2, -0.15) is 5.10 Å². The molecule has 4 saturated carbocycles. The number of nitrogens with one attached hydrogen (secondary N) is 1. The Hall–Kier alpha value is -1.84. The van der Waals surface area contributed by atoms with Crippen molar-refractivity contribution >= 4 is 12.1 Å². The van der Waals surface area contributed by atoms with Gasteiger partial charge in [0.15, 0.2) is 0 Å². The molecule has 1 aromatic rings. The first kappa shape index (κ1) is 16.6. The first-order valence-corrected chi connectivity index (χ1v) is 9.69. The van der Waals surface area contributed by atoms with Crippen LogP contribution in [0.25, 0.3) is 0 Å². The summed E-state index contributed by atoms with van der Waals surface area (Å²) in [6.45, 7) is 2.63. The van der Waals surface area contributed by atoms with Crippen LogP contribution in [-0.4, -0.2) is 18.7 Å². The topological polar surface area (TPSA) is 50.7 Å². The molecule has 1 amide bonds. The van der Waals surface area contributed by atoms with E-state index in [1.54, 1.807) is 6.21 Å². The van der Waals surface area contributed by atoms with Crippen LogP contribution in [0.2, 0.25) is 0 Å². The minimum absolute atomic E-state index is 0.0733. The molecule has 0 saturated heterocycles. The molecule has 4 aliphatic carbocycles. The van der Waals surface area contributed by atoms with Crippen LogP contribution in [0.3, 0.4) is 0 Å². The zero-order valence-electron chi connectivity index (χ0n) is 15.0. The third-order valence-electron chi connectivity index (χ3n) is 6.29. The van der Waals surface area contributed by atoms with Crippen molar-refractivity contribution in [3.8, 4) is 5.75 Å². The Balaban J connectivity index is 1.30. The molecule has 1 N–H and O–H groups in total. The van der Waals surface area contributed by atoms with Crippen molar-refractivity contribution in [1.29, 1.82) is 0 Å². The van der Waals surface area contributed by atoms with Gasteiger partial charge in [0.1, 0.15) is 5.75 Å². The number of benzene rings is 1. The van der Waals surface area contributed by atoms with Crippen molar-refractivity contribution in [1.82, 2.24) is 5.43 Å². The van der Waals surface area contributed by atoms with Gasteiger partial charge in [0.25, 0.3) is 0 Å². The lowest BCUT2D eigenvalue weighted by Gasteiger charge is -2.56. The second-order valence-electron chi connectivity index (χ2n) is 8.39. The maximum atomic E-state index is 12.4. The molecule has 4 nitrogen and oxygen atoms in total. The quantitative estimate of drug-likeness (QED) is 0.625. The van der Waals surface area contributed by atoms with Gasteiger partial charge < -0.3 is 4.74 Å². The maximum Gasteiger partial charge on any atom is 0.240 e. The molecular weight excluding hydrogens is 312 g/mol. The number of rotatable bonds is 6.